The number of benzene rings is 2. The highest BCUT2D eigenvalue weighted by Crippen LogP contribution is 2.16. The van der Waals surface area contributed by atoms with E-state index < -0.39 is 0 Å². The molecule has 122 valence electrons. The molecule has 0 saturated carbocycles. The van der Waals surface area contributed by atoms with Gasteiger partial charge in [-0.25, -0.2) is 0 Å². The van der Waals surface area contributed by atoms with Crippen LogP contribution in [0.2, 0.25) is 0 Å². The van der Waals surface area contributed by atoms with Crippen LogP contribution < -0.4 is 10.6 Å². The Morgan fingerprint density at radius 2 is 1.58 bits per heavy atom. The maximum Gasteiger partial charge on any atom is 0.257 e. The number of nitrogens with one attached hydrogen (secondary N) is 2. The quantitative estimate of drug-likeness (QED) is 0.879. The molecule has 5 heteroatoms. The molecular weight excluding hydrogens is 302 g/mol. The third-order valence-electron chi connectivity index (χ3n) is 3.31. The fraction of sp³-hybridized carbons (Fsp3) is 0.211. The van der Waals surface area contributed by atoms with Crippen molar-refractivity contribution in [3.05, 3.63) is 59.7 Å². The largest absolute Gasteiger partial charge is 0.326 e. The minimum Gasteiger partial charge on any atom is -0.326 e. The summed E-state index contributed by atoms with van der Waals surface area (Å²) < 4.78 is 0. The van der Waals surface area contributed by atoms with Gasteiger partial charge in [0, 0.05) is 17.8 Å². The number of carbonyl (C=O) groups excluding carboxylic acids is 2. The minimum absolute atomic E-state index is 0.0373. The van der Waals surface area contributed by atoms with Crippen molar-refractivity contribution >= 4 is 23.2 Å². The number of anilines is 2. The van der Waals surface area contributed by atoms with Crippen LogP contribution >= 0.6 is 0 Å². The third kappa shape index (κ3) is 4.68. The Hall–Kier alpha value is -3.13. The molecular formula is C19H19N3O2. The number of carbonyl (C=O) groups is 2. The van der Waals surface area contributed by atoms with Crippen LogP contribution in [0, 0.1) is 17.2 Å². The molecule has 0 heterocycles. The lowest BCUT2D eigenvalue weighted by molar-refractivity contribution is -0.116. The summed E-state index contributed by atoms with van der Waals surface area (Å²) in [4.78, 5) is 24.0. The van der Waals surface area contributed by atoms with Crippen molar-refractivity contribution in [2.75, 3.05) is 10.6 Å². The van der Waals surface area contributed by atoms with E-state index in [2.05, 4.69) is 10.6 Å². The summed E-state index contributed by atoms with van der Waals surface area (Å²) in [6, 6.07) is 15.5. The Bertz CT molecular complexity index is 774. The summed E-state index contributed by atoms with van der Waals surface area (Å²) in [6.07, 6.45) is 0.462. The number of amides is 2. The van der Waals surface area contributed by atoms with Crippen LogP contribution in [0.4, 0.5) is 11.4 Å². The molecule has 2 N–H and O–H groups in total. The summed E-state index contributed by atoms with van der Waals surface area (Å²) in [5, 5.41) is 14.6. The second-order valence-electron chi connectivity index (χ2n) is 5.84. The molecule has 2 rings (SSSR count). The molecule has 0 atom stereocenters. The highest BCUT2D eigenvalue weighted by atomic mass is 16.2. The molecule has 0 fully saturated rings. The topological polar surface area (TPSA) is 82.0 Å². The molecule has 2 aromatic carbocycles. The van der Waals surface area contributed by atoms with Gasteiger partial charge in [-0.3, -0.25) is 9.59 Å². The van der Waals surface area contributed by atoms with Gasteiger partial charge in [0.25, 0.3) is 5.91 Å². The zero-order chi connectivity index (χ0) is 17.5. The Labute approximate surface area is 141 Å². The lowest BCUT2D eigenvalue weighted by atomic mass is 10.1. The molecule has 0 aliphatic carbocycles. The van der Waals surface area contributed by atoms with Crippen molar-refractivity contribution in [1.29, 1.82) is 5.26 Å². The van der Waals surface area contributed by atoms with Crippen LogP contribution in [0.15, 0.2) is 48.5 Å². The summed E-state index contributed by atoms with van der Waals surface area (Å²) >= 11 is 0. The fourth-order valence-electron chi connectivity index (χ4n) is 2.20. The van der Waals surface area contributed by atoms with Gasteiger partial charge < -0.3 is 10.6 Å². The smallest absolute Gasteiger partial charge is 0.257 e. The number of nitrogens with zero attached hydrogens (tertiary/aromatic N) is 1. The van der Waals surface area contributed by atoms with Gasteiger partial charge in [0.2, 0.25) is 5.91 Å². The Morgan fingerprint density at radius 3 is 2.17 bits per heavy atom. The number of hydrogen-bond donors (Lipinski definition) is 2. The van der Waals surface area contributed by atoms with Gasteiger partial charge in [-0.15, -0.1) is 0 Å². The Morgan fingerprint density at radius 1 is 1.00 bits per heavy atom. The molecule has 5 nitrogen and oxygen atoms in total. The molecule has 24 heavy (non-hydrogen) atoms. The predicted octanol–water partition coefficient (Wildman–Crippen LogP) is 3.80. The summed E-state index contributed by atoms with van der Waals surface area (Å²) in [5.74, 6) is -0.0859. The molecule has 0 saturated heterocycles. The lowest BCUT2D eigenvalue weighted by Crippen LogP contribution is -2.15. The van der Waals surface area contributed by atoms with Gasteiger partial charge in [-0.2, -0.15) is 5.26 Å². The molecule has 2 aromatic rings. The SMILES string of the molecule is CC(C)CC(=O)Nc1ccc(NC(=O)c2ccccc2C#N)cc1. The summed E-state index contributed by atoms with van der Waals surface area (Å²) in [6.45, 7) is 3.97. The van der Waals surface area contributed by atoms with Gasteiger partial charge in [0.15, 0.2) is 0 Å². The van der Waals surface area contributed by atoms with E-state index >= 15 is 0 Å². The van der Waals surface area contributed by atoms with E-state index in [0.29, 0.717) is 34.8 Å². The lowest BCUT2D eigenvalue weighted by Gasteiger charge is -2.09. The maximum atomic E-state index is 12.2. The first kappa shape index (κ1) is 17.2. The summed E-state index contributed by atoms with van der Waals surface area (Å²) in [7, 11) is 0. The van der Waals surface area contributed by atoms with E-state index in [0.717, 1.165) is 0 Å². The van der Waals surface area contributed by atoms with E-state index in [4.69, 9.17) is 5.26 Å². The number of hydrogen-bond acceptors (Lipinski definition) is 3. The van der Waals surface area contributed by atoms with Crippen molar-refractivity contribution in [3.8, 4) is 6.07 Å². The fourth-order valence-corrected chi connectivity index (χ4v) is 2.20. The average molecular weight is 321 g/mol. The minimum atomic E-state index is -0.344. The first-order valence-corrected chi connectivity index (χ1v) is 7.70. The van der Waals surface area contributed by atoms with Crippen LogP contribution in [-0.4, -0.2) is 11.8 Å². The highest BCUT2D eigenvalue weighted by molar-refractivity contribution is 6.06. The summed E-state index contributed by atoms with van der Waals surface area (Å²) in [5.41, 5.74) is 1.92. The van der Waals surface area contributed by atoms with Crippen molar-refractivity contribution in [2.24, 2.45) is 5.92 Å². The van der Waals surface area contributed by atoms with Crippen molar-refractivity contribution in [2.45, 2.75) is 20.3 Å². The van der Waals surface area contributed by atoms with Gasteiger partial charge >= 0.3 is 0 Å². The highest BCUT2D eigenvalue weighted by Gasteiger charge is 2.11. The molecule has 0 bridgehead atoms. The third-order valence-corrected chi connectivity index (χ3v) is 3.31. The maximum absolute atomic E-state index is 12.2. The zero-order valence-electron chi connectivity index (χ0n) is 13.7. The van der Waals surface area contributed by atoms with Crippen LogP contribution in [0.3, 0.4) is 0 Å². The standard InChI is InChI=1S/C19H19N3O2/c1-13(2)11-18(23)21-15-7-9-16(10-8-15)22-19(24)17-6-4-3-5-14(17)12-20/h3-10,13H,11H2,1-2H3,(H,21,23)(H,22,24). The van der Waals surface area contributed by atoms with Crippen molar-refractivity contribution < 1.29 is 9.59 Å². The molecule has 0 unspecified atom stereocenters. The molecule has 0 spiro atoms. The molecule has 2 amide bonds. The van der Waals surface area contributed by atoms with Crippen LogP contribution in [0.5, 0.6) is 0 Å². The molecule has 0 aliphatic rings. The Balaban J connectivity index is 2.03. The van der Waals surface area contributed by atoms with Crippen molar-refractivity contribution in [3.63, 3.8) is 0 Å². The van der Waals surface area contributed by atoms with E-state index in [1.54, 1.807) is 48.5 Å². The second-order valence-corrected chi connectivity index (χ2v) is 5.84. The molecule has 0 aliphatic heterocycles. The number of nitriles is 1. The second kappa shape index (κ2) is 7.93. The first-order valence-electron chi connectivity index (χ1n) is 7.70. The van der Waals surface area contributed by atoms with E-state index in [1.807, 2.05) is 19.9 Å². The average Bonchev–Trinajstić information content (AvgIpc) is 2.55. The van der Waals surface area contributed by atoms with Crippen molar-refractivity contribution in [1.82, 2.24) is 0 Å². The number of rotatable bonds is 5. The van der Waals surface area contributed by atoms with Crippen LogP contribution in [0.25, 0.3) is 0 Å². The first-order chi connectivity index (χ1) is 11.5. The van der Waals surface area contributed by atoms with Crippen LogP contribution in [-0.2, 0) is 4.79 Å². The van der Waals surface area contributed by atoms with E-state index in [-0.39, 0.29) is 11.8 Å². The molecule has 0 aromatic heterocycles. The van der Waals surface area contributed by atoms with Crippen LogP contribution in [0.1, 0.15) is 36.2 Å². The monoisotopic (exact) mass is 321 g/mol. The molecule has 0 radical (unpaired) electrons. The zero-order valence-corrected chi connectivity index (χ0v) is 13.7. The van der Waals surface area contributed by atoms with E-state index in [9.17, 15) is 9.59 Å². The van der Waals surface area contributed by atoms with Gasteiger partial charge in [0.1, 0.15) is 0 Å². The normalized spacial score (nSPS) is 10.1. The van der Waals surface area contributed by atoms with Gasteiger partial charge in [0.05, 0.1) is 17.2 Å². The van der Waals surface area contributed by atoms with E-state index in [1.165, 1.54) is 0 Å². The Kier molecular flexibility index (Phi) is 5.69. The van der Waals surface area contributed by atoms with Gasteiger partial charge in [-0.05, 0) is 42.3 Å². The van der Waals surface area contributed by atoms with Gasteiger partial charge in [-0.1, -0.05) is 26.0 Å². The predicted molar refractivity (Wildman–Crippen MR) is 93.6 cm³/mol.